The van der Waals surface area contributed by atoms with E-state index in [9.17, 15) is 0 Å². The van der Waals surface area contributed by atoms with Crippen LogP contribution < -0.4 is 20.8 Å². The zero-order valence-electron chi connectivity index (χ0n) is 17.5. The minimum atomic E-state index is 0.175. The fourth-order valence-corrected chi connectivity index (χ4v) is 4.38. The van der Waals surface area contributed by atoms with Crippen molar-refractivity contribution < 1.29 is 4.74 Å². The molecule has 8 nitrogen and oxygen atoms in total. The number of halogens is 1. The number of rotatable bonds is 5. The fourth-order valence-electron chi connectivity index (χ4n) is 4.02. The minimum Gasteiger partial charge on any atom is -0.438 e. The maximum Gasteiger partial charge on any atom is 0.228 e. The zero-order valence-corrected chi connectivity index (χ0v) is 18.3. The third-order valence-electron chi connectivity index (χ3n) is 5.61. The molecule has 1 unspecified atom stereocenters. The van der Waals surface area contributed by atoms with Crippen molar-refractivity contribution in [2.45, 2.75) is 19.3 Å². The molecule has 1 aromatic carbocycles. The first-order valence-electron chi connectivity index (χ1n) is 10.4. The molecule has 2 aromatic heterocycles. The number of hydrogen-bond acceptors (Lipinski definition) is 8. The Morgan fingerprint density at radius 1 is 1.12 bits per heavy atom. The van der Waals surface area contributed by atoms with Gasteiger partial charge in [-0.05, 0) is 67.3 Å². The smallest absolute Gasteiger partial charge is 0.228 e. The molecule has 1 atom stereocenters. The van der Waals surface area contributed by atoms with Crippen molar-refractivity contribution in [2.24, 2.45) is 16.8 Å². The van der Waals surface area contributed by atoms with Gasteiger partial charge in [0.25, 0.3) is 0 Å². The van der Waals surface area contributed by atoms with Crippen molar-refractivity contribution in [3.05, 3.63) is 65.6 Å². The molecule has 2 aliphatic rings. The molecular weight excluding hydrogens is 426 g/mol. The van der Waals surface area contributed by atoms with Crippen molar-refractivity contribution in [1.29, 1.82) is 0 Å². The first-order chi connectivity index (χ1) is 15.6. The van der Waals surface area contributed by atoms with E-state index in [0.717, 1.165) is 30.5 Å². The standard InChI is InChI=1S/C23H22ClN7O/c1-26-23-28-13-11-19(29-23)18-6-3-12-27-22(18)32-15-9-7-14(8-10-15)31-20(24)16-4-2-5-17(16)21(25)30-31/h3,6-13,17H,2,4-5H2,1H3,(H2,25,30)(H,26,28,29). The molecule has 3 aromatic rings. The molecule has 5 rings (SSSR count). The van der Waals surface area contributed by atoms with Gasteiger partial charge < -0.3 is 15.8 Å². The van der Waals surface area contributed by atoms with Gasteiger partial charge in [-0.25, -0.2) is 20.0 Å². The summed E-state index contributed by atoms with van der Waals surface area (Å²) >= 11 is 6.65. The van der Waals surface area contributed by atoms with E-state index >= 15 is 0 Å². The van der Waals surface area contributed by atoms with Gasteiger partial charge >= 0.3 is 0 Å². The van der Waals surface area contributed by atoms with Crippen molar-refractivity contribution in [3.63, 3.8) is 0 Å². The highest BCUT2D eigenvalue weighted by Crippen LogP contribution is 2.41. The number of amidine groups is 1. The second kappa shape index (κ2) is 8.47. The SMILES string of the molecule is CNc1nccc(-c2cccnc2Oc2ccc(N3N=C(N)C4CCCC4=C3Cl)cc2)n1. The number of hydrazone groups is 1. The molecule has 1 saturated carbocycles. The van der Waals surface area contributed by atoms with E-state index < -0.39 is 0 Å². The summed E-state index contributed by atoms with van der Waals surface area (Å²) in [6.45, 7) is 0. The number of aromatic nitrogens is 3. The van der Waals surface area contributed by atoms with E-state index in [0.29, 0.717) is 34.3 Å². The monoisotopic (exact) mass is 447 g/mol. The average Bonchev–Trinajstić information content (AvgIpc) is 3.34. The highest BCUT2D eigenvalue weighted by Gasteiger charge is 2.33. The predicted octanol–water partition coefficient (Wildman–Crippen LogP) is 4.72. The molecule has 0 radical (unpaired) electrons. The number of nitrogens with two attached hydrogens (primary N) is 1. The Bertz CT molecular complexity index is 1210. The highest BCUT2D eigenvalue weighted by molar-refractivity contribution is 6.32. The maximum atomic E-state index is 6.65. The van der Waals surface area contributed by atoms with Gasteiger partial charge in [0.15, 0.2) is 0 Å². The number of pyridine rings is 1. The Morgan fingerprint density at radius 3 is 2.78 bits per heavy atom. The van der Waals surface area contributed by atoms with Gasteiger partial charge in [-0.2, -0.15) is 5.10 Å². The van der Waals surface area contributed by atoms with Crippen LogP contribution in [0.1, 0.15) is 19.3 Å². The van der Waals surface area contributed by atoms with E-state index in [4.69, 9.17) is 22.1 Å². The lowest BCUT2D eigenvalue weighted by Crippen LogP contribution is -2.33. The Hall–Kier alpha value is -3.65. The summed E-state index contributed by atoms with van der Waals surface area (Å²) in [6.07, 6.45) is 6.43. The minimum absolute atomic E-state index is 0.175. The van der Waals surface area contributed by atoms with E-state index in [1.54, 1.807) is 24.5 Å². The first kappa shape index (κ1) is 20.3. The van der Waals surface area contributed by atoms with Crippen LogP contribution in [0.5, 0.6) is 11.6 Å². The largest absolute Gasteiger partial charge is 0.438 e. The van der Waals surface area contributed by atoms with Crippen LogP contribution in [0.2, 0.25) is 0 Å². The Kier molecular flexibility index (Phi) is 5.36. The molecule has 162 valence electrons. The van der Waals surface area contributed by atoms with Crippen LogP contribution in [0.3, 0.4) is 0 Å². The summed E-state index contributed by atoms with van der Waals surface area (Å²) in [5.41, 5.74) is 9.67. The molecular formula is C23H22ClN7O. The van der Waals surface area contributed by atoms with Crippen LogP contribution in [-0.4, -0.2) is 27.8 Å². The second-order valence-corrected chi connectivity index (χ2v) is 7.92. The number of benzene rings is 1. The lowest BCUT2D eigenvalue weighted by atomic mass is 10.0. The van der Waals surface area contributed by atoms with E-state index in [1.807, 2.05) is 42.5 Å². The first-order valence-corrected chi connectivity index (χ1v) is 10.8. The normalized spacial score (nSPS) is 17.8. The van der Waals surface area contributed by atoms with Crippen molar-refractivity contribution >= 4 is 29.1 Å². The van der Waals surface area contributed by atoms with Gasteiger partial charge in [-0.15, -0.1) is 0 Å². The lowest BCUT2D eigenvalue weighted by Gasteiger charge is -2.28. The summed E-state index contributed by atoms with van der Waals surface area (Å²) < 4.78 is 6.08. The molecule has 1 aliphatic heterocycles. The predicted molar refractivity (Wildman–Crippen MR) is 126 cm³/mol. The molecule has 0 spiro atoms. The van der Waals surface area contributed by atoms with E-state index in [-0.39, 0.29) is 5.92 Å². The molecule has 0 saturated heterocycles. The van der Waals surface area contributed by atoms with Gasteiger partial charge in [0.05, 0.1) is 16.9 Å². The van der Waals surface area contributed by atoms with Crippen molar-refractivity contribution in [2.75, 3.05) is 17.4 Å². The molecule has 9 heteroatoms. The van der Waals surface area contributed by atoms with Crippen molar-refractivity contribution in [3.8, 4) is 22.9 Å². The zero-order chi connectivity index (χ0) is 22.1. The van der Waals surface area contributed by atoms with Gasteiger partial charge in [0, 0.05) is 25.4 Å². The quantitative estimate of drug-likeness (QED) is 0.546. The number of fused-ring (bicyclic) bond motifs is 1. The van der Waals surface area contributed by atoms with Crippen LogP contribution in [0.25, 0.3) is 11.3 Å². The van der Waals surface area contributed by atoms with Crippen LogP contribution in [0.15, 0.2) is 70.7 Å². The number of nitrogens with one attached hydrogen (secondary N) is 1. The molecule has 1 aliphatic carbocycles. The molecule has 0 bridgehead atoms. The second-order valence-electron chi connectivity index (χ2n) is 7.57. The summed E-state index contributed by atoms with van der Waals surface area (Å²) in [5, 5.41) is 9.81. The number of ether oxygens (including phenoxy) is 1. The van der Waals surface area contributed by atoms with Gasteiger partial charge in [-0.3, -0.25) is 0 Å². The van der Waals surface area contributed by atoms with Crippen LogP contribution in [-0.2, 0) is 0 Å². The lowest BCUT2D eigenvalue weighted by molar-refractivity contribution is 0.465. The Morgan fingerprint density at radius 2 is 1.97 bits per heavy atom. The van der Waals surface area contributed by atoms with Gasteiger partial charge in [-0.1, -0.05) is 11.6 Å². The molecule has 0 amide bonds. The number of nitrogens with zero attached hydrogens (tertiary/aromatic N) is 5. The fraction of sp³-hybridized carbons (Fsp3) is 0.217. The summed E-state index contributed by atoms with van der Waals surface area (Å²) in [7, 11) is 1.77. The van der Waals surface area contributed by atoms with Crippen LogP contribution >= 0.6 is 11.6 Å². The summed E-state index contributed by atoms with van der Waals surface area (Å²) in [4.78, 5) is 13.0. The van der Waals surface area contributed by atoms with E-state index in [2.05, 4.69) is 25.4 Å². The Balaban J connectivity index is 1.40. The third kappa shape index (κ3) is 3.73. The van der Waals surface area contributed by atoms with Crippen LogP contribution in [0, 0.1) is 5.92 Å². The third-order valence-corrected chi connectivity index (χ3v) is 6.01. The highest BCUT2D eigenvalue weighted by atomic mass is 35.5. The summed E-state index contributed by atoms with van der Waals surface area (Å²) in [6, 6.07) is 13.1. The summed E-state index contributed by atoms with van der Waals surface area (Å²) in [5.74, 6) is 2.40. The maximum absolute atomic E-state index is 6.65. The number of anilines is 2. The Labute approximate surface area is 190 Å². The number of hydrogen-bond donors (Lipinski definition) is 2. The van der Waals surface area contributed by atoms with Crippen LogP contribution in [0.4, 0.5) is 11.6 Å². The van der Waals surface area contributed by atoms with Crippen molar-refractivity contribution in [1.82, 2.24) is 15.0 Å². The molecule has 32 heavy (non-hydrogen) atoms. The van der Waals surface area contributed by atoms with Gasteiger partial charge in [0.2, 0.25) is 11.8 Å². The topological polar surface area (TPSA) is 102 Å². The van der Waals surface area contributed by atoms with Gasteiger partial charge in [0.1, 0.15) is 16.7 Å². The molecule has 1 fully saturated rings. The molecule has 3 heterocycles. The van der Waals surface area contributed by atoms with E-state index in [1.165, 1.54) is 5.57 Å². The molecule has 3 N–H and O–H groups in total. The average molecular weight is 448 g/mol.